The molecule has 0 saturated heterocycles. The monoisotopic (exact) mass is 256 g/mol. The number of nitrogens with zero attached hydrogens (tertiary/aromatic N) is 2. The van der Waals surface area contributed by atoms with Gasteiger partial charge in [-0.3, -0.25) is 4.68 Å². The zero-order valence-electron chi connectivity index (χ0n) is 11.3. The van der Waals surface area contributed by atoms with Gasteiger partial charge in [0.15, 0.2) is 0 Å². The van der Waals surface area contributed by atoms with Crippen LogP contribution in [0.1, 0.15) is 36.0 Å². The van der Waals surface area contributed by atoms with Gasteiger partial charge in [-0.2, -0.15) is 5.10 Å². The van der Waals surface area contributed by atoms with Gasteiger partial charge in [0.05, 0.1) is 12.3 Å². The number of aliphatic hydroxyl groups excluding tert-OH is 1. The minimum absolute atomic E-state index is 0.279. The smallest absolute Gasteiger partial charge is 0.0650 e. The molecule has 0 radical (unpaired) electrons. The summed E-state index contributed by atoms with van der Waals surface area (Å²) in [7, 11) is 0. The first-order valence-corrected chi connectivity index (χ1v) is 7.05. The van der Waals surface area contributed by atoms with Gasteiger partial charge in [0.25, 0.3) is 0 Å². The fourth-order valence-corrected chi connectivity index (χ4v) is 3.06. The number of aryl methyl sites for hydroxylation is 2. The van der Waals surface area contributed by atoms with Gasteiger partial charge < -0.3 is 5.11 Å². The third-order valence-electron chi connectivity index (χ3n) is 4.10. The Morgan fingerprint density at radius 2 is 2.26 bits per heavy atom. The molecule has 2 aromatic rings. The zero-order valence-corrected chi connectivity index (χ0v) is 11.3. The SMILES string of the molecule is CCn1cc(CC(O)C2CCc3ccccc32)cn1. The van der Waals surface area contributed by atoms with E-state index < -0.39 is 0 Å². The molecule has 3 nitrogen and oxygen atoms in total. The average Bonchev–Trinajstić information content (AvgIpc) is 3.04. The summed E-state index contributed by atoms with van der Waals surface area (Å²) in [5.41, 5.74) is 3.85. The van der Waals surface area contributed by atoms with Crippen LogP contribution in [0.3, 0.4) is 0 Å². The maximum absolute atomic E-state index is 10.5. The predicted molar refractivity (Wildman–Crippen MR) is 75.1 cm³/mol. The van der Waals surface area contributed by atoms with Crippen molar-refractivity contribution in [1.29, 1.82) is 0 Å². The molecule has 0 fully saturated rings. The lowest BCUT2D eigenvalue weighted by atomic mass is 9.92. The van der Waals surface area contributed by atoms with Gasteiger partial charge >= 0.3 is 0 Å². The van der Waals surface area contributed by atoms with Gasteiger partial charge in [0.2, 0.25) is 0 Å². The second kappa shape index (κ2) is 5.17. The van der Waals surface area contributed by atoms with E-state index in [2.05, 4.69) is 36.3 Å². The maximum atomic E-state index is 10.5. The molecule has 100 valence electrons. The second-order valence-electron chi connectivity index (χ2n) is 5.32. The Morgan fingerprint density at radius 3 is 3.05 bits per heavy atom. The van der Waals surface area contributed by atoms with Crippen molar-refractivity contribution in [2.24, 2.45) is 0 Å². The number of benzene rings is 1. The van der Waals surface area contributed by atoms with Crippen molar-refractivity contribution in [1.82, 2.24) is 9.78 Å². The Kier molecular flexibility index (Phi) is 3.38. The van der Waals surface area contributed by atoms with E-state index in [1.165, 1.54) is 11.1 Å². The molecule has 1 aromatic carbocycles. The summed E-state index contributed by atoms with van der Waals surface area (Å²) in [4.78, 5) is 0. The Morgan fingerprint density at radius 1 is 1.42 bits per heavy atom. The van der Waals surface area contributed by atoms with Gasteiger partial charge in [0, 0.05) is 25.1 Å². The number of rotatable bonds is 4. The van der Waals surface area contributed by atoms with E-state index in [1.807, 2.05) is 17.1 Å². The van der Waals surface area contributed by atoms with Crippen molar-refractivity contribution < 1.29 is 5.11 Å². The first kappa shape index (κ1) is 12.4. The molecule has 1 aliphatic rings. The minimum atomic E-state index is -0.307. The molecule has 19 heavy (non-hydrogen) atoms. The number of hydrogen-bond donors (Lipinski definition) is 1. The summed E-state index contributed by atoms with van der Waals surface area (Å²) in [6.45, 7) is 2.95. The normalized spacial score (nSPS) is 19.4. The van der Waals surface area contributed by atoms with Crippen LogP contribution in [-0.4, -0.2) is 21.0 Å². The summed E-state index contributed by atoms with van der Waals surface area (Å²) in [6.07, 6.45) is 6.43. The van der Waals surface area contributed by atoms with E-state index in [0.29, 0.717) is 6.42 Å². The van der Waals surface area contributed by atoms with E-state index in [0.717, 1.165) is 24.9 Å². The molecule has 3 heteroatoms. The van der Waals surface area contributed by atoms with Crippen molar-refractivity contribution in [3.8, 4) is 0 Å². The summed E-state index contributed by atoms with van der Waals surface area (Å²) < 4.78 is 1.91. The van der Waals surface area contributed by atoms with Crippen molar-refractivity contribution in [2.45, 2.75) is 44.8 Å². The van der Waals surface area contributed by atoms with Gasteiger partial charge in [0.1, 0.15) is 0 Å². The Bertz CT molecular complexity index is 561. The highest BCUT2D eigenvalue weighted by Gasteiger charge is 2.28. The van der Waals surface area contributed by atoms with Gasteiger partial charge in [-0.25, -0.2) is 0 Å². The number of aliphatic hydroxyl groups is 1. The third-order valence-corrected chi connectivity index (χ3v) is 4.10. The van der Waals surface area contributed by atoms with Crippen LogP contribution in [0.4, 0.5) is 0 Å². The Balaban J connectivity index is 1.73. The molecule has 0 aliphatic heterocycles. The highest BCUT2D eigenvalue weighted by Crippen LogP contribution is 2.36. The molecule has 2 atom stereocenters. The highest BCUT2D eigenvalue weighted by molar-refractivity contribution is 5.35. The molecule has 0 bridgehead atoms. The number of aromatic nitrogens is 2. The van der Waals surface area contributed by atoms with Crippen molar-refractivity contribution >= 4 is 0 Å². The highest BCUT2D eigenvalue weighted by atomic mass is 16.3. The molecule has 3 rings (SSSR count). The van der Waals surface area contributed by atoms with Crippen LogP contribution in [0.25, 0.3) is 0 Å². The standard InChI is InChI=1S/C16H20N2O/c1-2-18-11-12(10-17-18)9-16(19)15-8-7-13-5-3-4-6-14(13)15/h3-6,10-11,15-16,19H,2,7-9H2,1H3. The summed E-state index contributed by atoms with van der Waals surface area (Å²) >= 11 is 0. The molecule has 1 aromatic heterocycles. The van der Waals surface area contributed by atoms with Gasteiger partial charge in [-0.1, -0.05) is 24.3 Å². The van der Waals surface area contributed by atoms with Crippen LogP contribution in [-0.2, 0) is 19.4 Å². The molecular weight excluding hydrogens is 236 g/mol. The van der Waals surface area contributed by atoms with E-state index in [9.17, 15) is 5.11 Å². The van der Waals surface area contributed by atoms with Crippen LogP contribution in [0, 0.1) is 0 Å². The topological polar surface area (TPSA) is 38.0 Å². The largest absolute Gasteiger partial charge is 0.392 e. The molecule has 2 unspecified atom stereocenters. The minimum Gasteiger partial charge on any atom is -0.392 e. The quantitative estimate of drug-likeness (QED) is 0.913. The van der Waals surface area contributed by atoms with E-state index in [1.54, 1.807) is 0 Å². The first-order valence-electron chi connectivity index (χ1n) is 7.05. The van der Waals surface area contributed by atoms with Crippen LogP contribution in [0.2, 0.25) is 0 Å². The molecule has 1 aliphatic carbocycles. The first-order chi connectivity index (χ1) is 9.28. The molecule has 0 spiro atoms. The fourth-order valence-electron chi connectivity index (χ4n) is 3.06. The van der Waals surface area contributed by atoms with Crippen LogP contribution >= 0.6 is 0 Å². The summed E-state index contributed by atoms with van der Waals surface area (Å²) in [5, 5.41) is 14.8. The van der Waals surface area contributed by atoms with Gasteiger partial charge in [-0.05, 0) is 36.5 Å². The third kappa shape index (κ3) is 2.43. The molecule has 0 saturated carbocycles. The Labute approximate surface area is 113 Å². The van der Waals surface area contributed by atoms with Crippen molar-refractivity contribution in [3.63, 3.8) is 0 Å². The summed E-state index contributed by atoms with van der Waals surface area (Å²) in [5.74, 6) is 0.279. The van der Waals surface area contributed by atoms with E-state index in [-0.39, 0.29) is 12.0 Å². The lowest BCUT2D eigenvalue weighted by Crippen LogP contribution is -2.19. The lowest BCUT2D eigenvalue weighted by molar-refractivity contribution is 0.143. The zero-order chi connectivity index (χ0) is 13.2. The molecule has 1 N–H and O–H groups in total. The van der Waals surface area contributed by atoms with E-state index in [4.69, 9.17) is 0 Å². The number of fused-ring (bicyclic) bond motifs is 1. The van der Waals surface area contributed by atoms with Crippen LogP contribution < -0.4 is 0 Å². The number of hydrogen-bond acceptors (Lipinski definition) is 2. The molecule has 1 heterocycles. The average molecular weight is 256 g/mol. The van der Waals surface area contributed by atoms with Crippen LogP contribution in [0.15, 0.2) is 36.7 Å². The van der Waals surface area contributed by atoms with Crippen molar-refractivity contribution in [2.75, 3.05) is 0 Å². The van der Waals surface area contributed by atoms with E-state index >= 15 is 0 Å². The molecular formula is C16H20N2O. The maximum Gasteiger partial charge on any atom is 0.0650 e. The fraction of sp³-hybridized carbons (Fsp3) is 0.438. The molecule has 0 amide bonds. The summed E-state index contributed by atoms with van der Waals surface area (Å²) in [6, 6.07) is 8.49. The van der Waals surface area contributed by atoms with Crippen molar-refractivity contribution in [3.05, 3.63) is 53.3 Å². The second-order valence-corrected chi connectivity index (χ2v) is 5.32. The van der Waals surface area contributed by atoms with Gasteiger partial charge in [-0.15, -0.1) is 0 Å². The Hall–Kier alpha value is -1.61. The van der Waals surface area contributed by atoms with Crippen LogP contribution in [0.5, 0.6) is 0 Å². The predicted octanol–water partition coefficient (Wildman–Crippen LogP) is 2.54. The lowest BCUT2D eigenvalue weighted by Gasteiger charge is -2.18.